The molecule has 18 heavy (non-hydrogen) atoms. The summed E-state index contributed by atoms with van der Waals surface area (Å²) in [5.41, 5.74) is 5.64. The standard InChI is InChI=1S/C16H12ClN/c1-11-15(10-12-6-8-13(17)9-7-12)14-4-2-3-5-16(14)18-11/h2-10H,1H3/b15-10+. The van der Waals surface area contributed by atoms with Gasteiger partial charge in [-0.1, -0.05) is 41.9 Å². The third kappa shape index (κ3) is 1.98. The van der Waals surface area contributed by atoms with Crippen molar-refractivity contribution < 1.29 is 0 Å². The van der Waals surface area contributed by atoms with Crippen molar-refractivity contribution >= 4 is 34.6 Å². The van der Waals surface area contributed by atoms with Crippen molar-refractivity contribution in [3.05, 3.63) is 64.7 Å². The van der Waals surface area contributed by atoms with Crippen molar-refractivity contribution in [3.8, 4) is 0 Å². The number of fused-ring (bicyclic) bond motifs is 1. The lowest BCUT2D eigenvalue weighted by Crippen LogP contribution is -1.89. The molecule has 3 rings (SSSR count). The third-order valence-corrected chi connectivity index (χ3v) is 3.31. The fourth-order valence-electron chi connectivity index (χ4n) is 2.14. The van der Waals surface area contributed by atoms with Gasteiger partial charge in [0.25, 0.3) is 0 Å². The minimum absolute atomic E-state index is 0.759. The fraction of sp³-hybridized carbons (Fsp3) is 0.0625. The first kappa shape index (κ1) is 11.2. The Morgan fingerprint density at radius 1 is 1.00 bits per heavy atom. The number of allylic oxidation sites excluding steroid dienone is 1. The summed E-state index contributed by atoms with van der Waals surface area (Å²) in [6, 6.07) is 16.1. The molecular weight excluding hydrogens is 242 g/mol. The van der Waals surface area contributed by atoms with Gasteiger partial charge in [0.05, 0.1) is 5.69 Å². The maximum absolute atomic E-state index is 5.89. The molecule has 0 saturated heterocycles. The number of halogens is 1. The zero-order valence-electron chi connectivity index (χ0n) is 10.0. The van der Waals surface area contributed by atoms with Crippen LogP contribution in [0.25, 0.3) is 11.6 Å². The Morgan fingerprint density at radius 2 is 1.72 bits per heavy atom. The Hall–Kier alpha value is -1.86. The van der Waals surface area contributed by atoms with Gasteiger partial charge >= 0.3 is 0 Å². The highest BCUT2D eigenvalue weighted by Crippen LogP contribution is 2.35. The predicted octanol–water partition coefficient (Wildman–Crippen LogP) is 4.99. The summed E-state index contributed by atoms with van der Waals surface area (Å²) in [5, 5.41) is 0.759. The molecule has 1 aliphatic rings. The monoisotopic (exact) mass is 253 g/mol. The number of rotatable bonds is 1. The highest BCUT2D eigenvalue weighted by atomic mass is 35.5. The molecule has 0 atom stereocenters. The lowest BCUT2D eigenvalue weighted by molar-refractivity contribution is 1.54. The second-order valence-electron chi connectivity index (χ2n) is 4.32. The van der Waals surface area contributed by atoms with Gasteiger partial charge < -0.3 is 0 Å². The first-order valence-corrected chi connectivity index (χ1v) is 6.24. The Morgan fingerprint density at radius 3 is 2.50 bits per heavy atom. The Balaban J connectivity index is 2.07. The molecule has 2 aromatic rings. The molecule has 2 aromatic carbocycles. The van der Waals surface area contributed by atoms with Gasteiger partial charge in [-0.05, 0) is 36.8 Å². The molecule has 0 unspecified atom stereocenters. The Kier molecular flexibility index (Phi) is 2.77. The second kappa shape index (κ2) is 4.43. The van der Waals surface area contributed by atoms with Gasteiger partial charge in [0.15, 0.2) is 0 Å². The smallest absolute Gasteiger partial charge is 0.0712 e. The van der Waals surface area contributed by atoms with Crippen LogP contribution in [0.1, 0.15) is 18.1 Å². The van der Waals surface area contributed by atoms with Crippen LogP contribution in [0.15, 0.2) is 53.5 Å². The van der Waals surface area contributed by atoms with Crippen LogP contribution in [-0.2, 0) is 0 Å². The van der Waals surface area contributed by atoms with E-state index in [9.17, 15) is 0 Å². The van der Waals surface area contributed by atoms with E-state index in [4.69, 9.17) is 11.6 Å². The van der Waals surface area contributed by atoms with Crippen molar-refractivity contribution in [2.45, 2.75) is 6.92 Å². The zero-order chi connectivity index (χ0) is 12.5. The number of benzene rings is 2. The molecule has 0 amide bonds. The van der Waals surface area contributed by atoms with E-state index >= 15 is 0 Å². The molecule has 0 spiro atoms. The van der Waals surface area contributed by atoms with E-state index in [1.165, 1.54) is 11.1 Å². The van der Waals surface area contributed by atoms with Crippen LogP contribution >= 0.6 is 11.6 Å². The van der Waals surface area contributed by atoms with E-state index in [1.807, 2.05) is 49.4 Å². The first-order valence-electron chi connectivity index (χ1n) is 5.86. The highest BCUT2D eigenvalue weighted by molar-refractivity contribution is 6.32. The zero-order valence-corrected chi connectivity index (χ0v) is 10.8. The lowest BCUT2D eigenvalue weighted by atomic mass is 10.0. The van der Waals surface area contributed by atoms with Crippen LogP contribution in [0, 0.1) is 0 Å². The molecule has 1 heterocycles. The normalized spacial score (nSPS) is 15.7. The van der Waals surface area contributed by atoms with Crippen LogP contribution in [-0.4, -0.2) is 5.71 Å². The van der Waals surface area contributed by atoms with Crippen LogP contribution in [0.2, 0.25) is 5.02 Å². The topological polar surface area (TPSA) is 12.4 Å². The van der Waals surface area contributed by atoms with Gasteiger partial charge in [0, 0.05) is 21.9 Å². The van der Waals surface area contributed by atoms with Crippen LogP contribution in [0.4, 0.5) is 5.69 Å². The third-order valence-electron chi connectivity index (χ3n) is 3.05. The molecule has 0 aromatic heterocycles. The van der Waals surface area contributed by atoms with E-state index in [2.05, 4.69) is 17.1 Å². The van der Waals surface area contributed by atoms with Crippen LogP contribution in [0.3, 0.4) is 0 Å². The van der Waals surface area contributed by atoms with Crippen LogP contribution in [0.5, 0.6) is 0 Å². The molecule has 0 radical (unpaired) electrons. The summed E-state index contributed by atoms with van der Waals surface area (Å²) in [5.74, 6) is 0. The molecule has 0 bridgehead atoms. The van der Waals surface area contributed by atoms with Gasteiger partial charge in [-0.15, -0.1) is 0 Å². The molecule has 1 nitrogen and oxygen atoms in total. The number of nitrogens with zero attached hydrogens (tertiary/aromatic N) is 1. The van der Waals surface area contributed by atoms with E-state index in [0.717, 1.165) is 22.0 Å². The van der Waals surface area contributed by atoms with Crippen molar-refractivity contribution in [3.63, 3.8) is 0 Å². The van der Waals surface area contributed by atoms with Crippen molar-refractivity contribution in [1.29, 1.82) is 0 Å². The van der Waals surface area contributed by atoms with Gasteiger partial charge in [-0.3, -0.25) is 4.99 Å². The van der Waals surface area contributed by atoms with E-state index in [-0.39, 0.29) is 0 Å². The summed E-state index contributed by atoms with van der Waals surface area (Å²) in [6.45, 7) is 2.04. The second-order valence-corrected chi connectivity index (χ2v) is 4.76. The molecule has 0 N–H and O–H groups in total. The molecule has 0 aliphatic carbocycles. The van der Waals surface area contributed by atoms with Crippen molar-refractivity contribution in [2.24, 2.45) is 4.99 Å². The summed E-state index contributed by atoms with van der Waals surface area (Å²) in [7, 11) is 0. The van der Waals surface area contributed by atoms with E-state index in [1.54, 1.807) is 0 Å². The fourth-order valence-corrected chi connectivity index (χ4v) is 2.27. The quantitative estimate of drug-likeness (QED) is 0.679. The van der Waals surface area contributed by atoms with E-state index in [0.29, 0.717) is 0 Å². The van der Waals surface area contributed by atoms with Gasteiger partial charge in [-0.25, -0.2) is 0 Å². The van der Waals surface area contributed by atoms with Gasteiger partial charge in [0.2, 0.25) is 0 Å². The van der Waals surface area contributed by atoms with Gasteiger partial charge in [-0.2, -0.15) is 0 Å². The number of para-hydroxylation sites is 1. The molecule has 0 fully saturated rings. The van der Waals surface area contributed by atoms with Crippen LogP contribution < -0.4 is 0 Å². The SMILES string of the molecule is CC1=Nc2ccccc2/C1=C/c1ccc(Cl)cc1. The average molecular weight is 254 g/mol. The number of hydrogen-bond donors (Lipinski definition) is 0. The van der Waals surface area contributed by atoms with Gasteiger partial charge in [0.1, 0.15) is 0 Å². The predicted molar refractivity (Wildman–Crippen MR) is 78.5 cm³/mol. The minimum atomic E-state index is 0.759. The summed E-state index contributed by atoms with van der Waals surface area (Å²) >= 11 is 5.89. The molecule has 2 heteroatoms. The molecule has 88 valence electrons. The molecule has 1 aliphatic heterocycles. The lowest BCUT2D eigenvalue weighted by Gasteiger charge is -2.02. The maximum atomic E-state index is 5.89. The average Bonchev–Trinajstić information content (AvgIpc) is 2.69. The Bertz CT molecular complexity index is 651. The number of hydrogen-bond acceptors (Lipinski definition) is 1. The largest absolute Gasteiger partial charge is 0.252 e. The molecular formula is C16H12ClN. The Labute approximate surface area is 111 Å². The summed E-state index contributed by atoms with van der Waals surface area (Å²) in [6.07, 6.45) is 2.15. The van der Waals surface area contributed by atoms with Crippen molar-refractivity contribution in [1.82, 2.24) is 0 Å². The van der Waals surface area contributed by atoms with E-state index < -0.39 is 0 Å². The first-order chi connectivity index (χ1) is 8.74. The summed E-state index contributed by atoms with van der Waals surface area (Å²) < 4.78 is 0. The number of aliphatic imine (C=N–C) groups is 1. The maximum Gasteiger partial charge on any atom is 0.0712 e. The summed E-state index contributed by atoms with van der Waals surface area (Å²) in [4.78, 5) is 4.57. The van der Waals surface area contributed by atoms with Crippen molar-refractivity contribution in [2.75, 3.05) is 0 Å². The molecule has 0 saturated carbocycles. The highest BCUT2D eigenvalue weighted by Gasteiger charge is 2.16. The minimum Gasteiger partial charge on any atom is -0.252 e.